The molecule has 0 atom stereocenters. The average Bonchev–Trinajstić information content (AvgIpc) is 2.53. The molecule has 1 amide bonds. The summed E-state index contributed by atoms with van der Waals surface area (Å²) in [6.45, 7) is 3.90. The summed E-state index contributed by atoms with van der Waals surface area (Å²) in [4.78, 5) is 18.7. The monoisotopic (exact) mass is 322 g/mol. The molecule has 0 spiro atoms. The van der Waals surface area contributed by atoms with Crippen molar-refractivity contribution in [3.8, 4) is 0 Å². The number of nitrogens with zero attached hydrogens (tertiary/aromatic N) is 2. The molecule has 1 rings (SSSR count). The van der Waals surface area contributed by atoms with Gasteiger partial charge in [-0.25, -0.2) is 4.99 Å². The maximum absolute atomic E-state index is 11.6. The van der Waals surface area contributed by atoms with Crippen molar-refractivity contribution in [3.05, 3.63) is 30.3 Å². The lowest BCUT2D eigenvalue weighted by Gasteiger charge is -2.13. The summed E-state index contributed by atoms with van der Waals surface area (Å²) >= 11 is 1.80. The molecule has 0 aliphatic rings. The summed E-state index contributed by atoms with van der Waals surface area (Å²) in [6, 6.07) is 10.3. The highest BCUT2D eigenvalue weighted by Gasteiger charge is 2.04. The van der Waals surface area contributed by atoms with Crippen molar-refractivity contribution < 1.29 is 4.79 Å². The Morgan fingerprint density at radius 2 is 1.86 bits per heavy atom. The number of nitrogens with one attached hydrogen (secondary N) is 2. The Kier molecular flexibility index (Phi) is 9.14. The predicted molar refractivity (Wildman–Crippen MR) is 94.5 cm³/mol. The van der Waals surface area contributed by atoms with Crippen molar-refractivity contribution in [2.24, 2.45) is 4.99 Å². The summed E-state index contributed by atoms with van der Waals surface area (Å²) < 4.78 is 0. The minimum Gasteiger partial charge on any atom is -0.356 e. The molecular formula is C16H26N4OS. The van der Waals surface area contributed by atoms with E-state index in [1.54, 1.807) is 30.8 Å². The quantitative estimate of drug-likeness (QED) is 0.332. The molecule has 0 fully saturated rings. The van der Waals surface area contributed by atoms with Crippen LogP contribution in [-0.2, 0) is 4.79 Å². The van der Waals surface area contributed by atoms with Crippen LogP contribution in [0.5, 0.6) is 0 Å². The van der Waals surface area contributed by atoms with Crippen molar-refractivity contribution >= 4 is 23.6 Å². The van der Waals surface area contributed by atoms with Gasteiger partial charge in [0.05, 0.1) is 0 Å². The van der Waals surface area contributed by atoms with Gasteiger partial charge in [-0.15, -0.1) is 11.8 Å². The second-order valence-electron chi connectivity index (χ2n) is 4.97. The molecule has 0 aliphatic carbocycles. The Bertz CT molecular complexity index is 462. The summed E-state index contributed by atoms with van der Waals surface area (Å²) in [6.07, 6.45) is 1.01. The van der Waals surface area contributed by atoms with E-state index in [4.69, 9.17) is 0 Å². The summed E-state index contributed by atoms with van der Waals surface area (Å²) in [5.74, 6) is 1.64. The number of benzene rings is 1. The lowest BCUT2D eigenvalue weighted by molar-refractivity contribution is -0.127. The van der Waals surface area contributed by atoms with Crippen molar-refractivity contribution in [1.29, 1.82) is 0 Å². The highest BCUT2D eigenvalue weighted by atomic mass is 32.2. The second kappa shape index (κ2) is 11.0. The SMILES string of the molecule is CCCNC(=NCC(=O)N(C)C)NCCSc1ccccc1. The van der Waals surface area contributed by atoms with Gasteiger partial charge in [-0.05, 0) is 18.6 Å². The molecule has 0 saturated heterocycles. The normalized spacial score (nSPS) is 11.1. The van der Waals surface area contributed by atoms with Gasteiger partial charge in [0.25, 0.3) is 0 Å². The van der Waals surface area contributed by atoms with E-state index in [0.29, 0.717) is 5.96 Å². The molecule has 0 heterocycles. The van der Waals surface area contributed by atoms with Crippen LogP contribution in [0.15, 0.2) is 40.2 Å². The Morgan fingerprint density at radius 3 is 2.50 bits per heavy atom. The van der Waals surface area contributed by atoms with Gasteiger partial charge in [-0.3, -0.25) is 4.79 Å². The zero-order valence-electron chi connectivity index (χ0n) is 13.6. The van der Waals surface area contributed by atoms with Gasteiger partial charge < -0.3 is 15.5 Å². The van der Waals surface area contributed by atoms with Gasteiger partial charge in [0.2, 0.25) is 5.91 Å². The van der Waals surface area contributed by atoms with Crippen LogP contribution in [0.3, 0.4) is 0 Å². The van der Waals surface area contributed by atoms with Crippen molar-refractivity contribution in [2.75, 3.05) is 39.5 Å². The fourth-order valence-corrected chi connectivity index (χ4v) is 2.35. The smallest absolute Gasteiger partial charge is 0.243 e. The Balaban J connectivity index is 2.37. The predicted octanol–water partition coefficient (Wildman–Crippen LogP) is 1.81. The number of amides is 1. The first-order valence-electron chi connectivity index (χ1n) is 7.53. The van der Waals surface area contributed by atoms with Gasteiger partial charge in [0.15, 0.2) is 5.96 Å². The molecule has 0 radical (unpaired) electrons. The minimum atomic E-state index is -0.00346. The molecule has 122 valence electrons. The van der Waals surface area contributed by atoms with E-state index in [-0.39, 0.29) is 12.5 Å². The molecule has 2 N–H and O–H groups in total. The number of carbonyl (C=O) groups is 1. The third kappa shape index (κ3) is 7.93. The third-order valence-corrected chi connectivity index (χ3v) is 3.83. The van der Waals surface area contributed by atoms with Gasteiger partial charge in [-0.1, -0.05) is 25.1 Å². The zero-order valence-corrected chi connectivity index (χ0v) is 14.4. The van der Waals surface area contributed by atoms with E-state index < -0.39 is 0 Å². The van der Waals surface area contributed by atoms with Crippen molar-refractivity contribution in [2.45, 2.75) is 18.2 Å². The van der Waals surface area contributed by atoms with Crippen molar-refractivity contribution in [1.82, 2.24) is 15.5 Å². The number of carbonyl (C=O) groups excluding carboxylic acids is 1. The van der Waals surface area contributed by atoms with Crippen LogP contribution in [0.2, 0.25) is 0 Å². The van der Waals surface area contributed by atoms with E-state index >= 15 is 0 Å². The van der Waals surface area contributed by atoms with Gasteiger partial charge in [-0.2, -0.15) is 0 Å². The Hall–Kier alpha value is -1.69. The third-order valence-electron chi connectivity index (χ3n) is 2.82. The number of rotatable bonds is 8. The molecule has 0 aliphatic heterocycles. The van der Waals surface area contributed by atoms with Crippen LogP contribution >= 0.6 is 11.8 Å². The van der Waals surface area contributed by atoms with Crippen LogP contribution in [0.25, 0.3) is 0 Å². The second-order valence-corrected chi connectivity index (χ2v) is 6.14. The van der Waals surface area contributed by atoms with E-state index in [2.05, 4.69) is 34.7 Å². The van der Waals surface area contributed by atoms with Gasteiger partial charge in [0, 0.05) is 37.8 Å². The van der Waals surface area contributed by atoms with Crippen LogP contribution in [-0.4, -0.2) is 56.2 Å². The maximum Gasteiger partial charge on any atom is 0.243 e. The van der Waals surface area contributed by atoms with Crippen LogP contribution < -0.4 is 10.6 Å². The van der Waals surface area contributed by atoms with Crippen LogP contribution in [0, 0.1) is 0 Å². The van der Waals surface area contributed by atoms with Crippen LogP contribution in [0.4, 0.5) is 0 Å². The number of hydrogen-bond donors (Lipinski definition) is 2. The maximum atomic E-state index is 11.6. The largest absolute Gasteiger partial charge is 0.356 e. The van der Waals surface area contributed by atoms with E-state index in [1.807, 2.05) is 18.2 Å². The number of thioether (sulfide) groups is 1. The molecule has 0 bridgehead atoms. The Morgan fingerprint density at radius 1 is 1.18 bits per heavy atom. The Labute approximate surface area is 137 Å². The summed E-state index contributed by atoms with van der Waals surface area (Å²) in [5.41, 5.74) is 0. The molecule has 22 heavy (non-hydrogen) atoms. The highest BCUT2D eigenvalue weighted by molar-refractivity contribution is 7.99. The zero-order chi connectivity index (χ0) is 16.2. The first kappa shape index (κ1) is 18.4. The van der Waals surface area contributed by atoms with E-state index in [0.717, 1.165) is 25.3 Å². The molecule has 0 aromatic heterocycles. The lowest BCUT2D eigenvalue weighted by Crippen LogP contribution is -2.39. The molecule has 0 unspecified atom stereocenters. The topological polar surface area (TPSA) is 56.7 Å². The number of guanidine groups is 1. The fourth-order valence-electron chi connectivity index (χ4n) is 1.56. The molecule has 5 nitrogen and oxygen atoms in total. The van der Waals surface area contributed by atoms with E-state index in [1.165, 1.54) is 4.90 Å². The lowest BCUT2D eigenvalue weighted by atomic mass is 10.4. The van der Waals surface area contributed by atoms with E-state index in [9.17, 15) is 4.79 Å². The van der Waals surface area contributed by atoms with Gasteiger partial charge in [0.1, 0.15) is 6.54 Å². The first-order valence-corrected chi connectivity index (χ1v) is 8.52. The highest BCUT2D eigenvalue weighted by Crippen LogP contribution is 2.15. The fraction of sp³-hybridized carbons (Fsp3) is 0.500. The molecule has 1 aromatic rings. The average molecular weight is 322 g/mol. The standard InChI is InChI=1S/C16H26N4OS/c1-4-10-17-16(19-13-15(21)20(2)3)18-11-12-22-14-8-6-5-7-9-14/h5-9H,4,10-13H2,1-3H3,(H2,17,18,19). The minimum absolute atomic E-state index is 0.00346. The van der Waals surface area contributed by atoms with Gasteiger partial charge >= 0.3 is 0 Å². The van der Waals surface area contributed by atoms with Crippen LogP contribution in [0.1, 0.15) is 13.3 Å². The molecule has 1 aromatic carbocycles. The molecule has 0 saturated carbocycles. The number of aliphatic imine (C=N–C) groups is 1. The first-order chi connectivity index (χ1) is 10.6. The summed E-state index contributed by atoms with van der Waals surface area (Å²) in [7, 11) is 3.47. The number of likely N-dealkylation sites (N-methyl/N-ethyl adjacent to an activating group) is 1. The molecule has 6 heteroatoms. The van der Waals surface area contributed by atoms with Crippen molar-refractivity contribution in [3.63, 3.8) is 0 Å². The summed E-state index contributed by atoms with van der Waals surface area (Å²) in [5, 5.41) is 6.49. The number of hydrogen-bond acceptors (Lipinski definition) is 3. The molecular weight excluding hydrogens is 296 g/mol.